The largest absolute Gasteiger partial charge is 0.496 e. The number of carboxylic acids is 1. The zero-order chi connectivity index (χ0) is 14.7. The number of hydrogen-bond acceptors (Lipinski definition) is 3. The van der Waals surface area contributed by atoms with E-state index >= 15 is 0 Å². The van der Waals surface area contributed by atoms with E-state index in [0.717, 1.165) is 22.7 Å². The van der Waals surface area contributed by atoms with E-state index in [1.54, 1.807) is 13.3 Å². The Morgan fingerprint density at radius 1 is 1.50 bits per heavy atom. The third-order valence-electron chi connectivity index (χ3n) is 3.37. The van der Waals surface area contributed by atoms with E-state index in [-0.39, 0.29) is 12.3 Å². The first kappa shape index (κ1) is 14.1. The molecule has 2 rings (SSSR count). The summed E-state index contributed by atoms with van der Waals surface area (Å²) >= 11 is 0. The van der Waals surface area contributed by atoms with Crippen molar-refractivity contribution in [3.63, 3.8) is 0 Å². The Balaban J connectivity index is 2.44. The van der Waals surface area contributed by atoms with E-state index in [9.17, 15) is 4.79 Å². The first-order chi connectivity index (χ1) is 9.52. The zero-order valence-corrected chi connectivity index (χ0v) is 11.8. The summed E-state index contributed by atoms with van der Waals surface area (Å²) in [5.41, 5.74) is 1.91. The van der Waals surface area contributed by atoms with Crippen LogP contribution in [0.1, 0.15) is 29.3 Å². The Bertz CT molecular complexity index is 619. The number of aliphatic carboxylic acids is 1. The van der Waals surface area contributed by atoms with Gasteiger partial charge in [0.15, 0.2) is 0 Å². The lowest BCUT2D eigenvalue weighted by Crippen LogP contribution is -2.12. The van der Waals surface area contributed by atoms with E-state index in [1.807, 2.05) is 42.9 Å². The monoisotopic (exact) mass is 274 g/mol. The standard InChI is InChI=1S/C15H18N2O3/c1-10-8-11(4-5-13(10)20-3)12(9-14(18)19)15-16-6-7-17(15)2/h4-8,12H,9H2,1-3H3,(H,18,19). The molecular weight excluding hydrogens is 256 g/mol. The summed E-state index contributed by atoms with van der Waals surface area (Å²) in [6.45, 7) is 1.94. The van der Waals surface area contributed by atoms with Crippen LogP contribution in [0.3, 0.4) is 0 Å². The quantitative estimate of drug-likeness (QED) is 0.909. The van der Waals surface area contributed by atoms with E-state index in [4.69, 9.17) is 9.84 Å². The van der Waals surface area contributed by atoms with Crippen molar-refractivity contribution in [3.05, 3.63) is 47.5 Å². The van der Waals surface area contributed by atoms with Crippen molar-refractivity contribution < 1.29 is 14.6 Å². The summed E-state index contributed by atoms with van der Waals surface area (Å²) in [4.78, 5) is 15.4. The number of benzene rings is 1. The summed E-state index contributed by atoms with van der Waals surface area (Å²) in [5.74, 6) is 0.434. The van der Waals surface area contributed by atoms with Crippen molar-refractivity contribution in [3.8, 4) is 5.75 Å². The Labute approximate surface area is 117 Å². The summed E-state index contributed by atoms with van der Waals surface area (Å²) < 4.78 is 7.09. The molecule has 1 aromatic heterocycles. The number of methoxy groups -OCH3 is 1. The molecule has 1 atom stereocenters. The maximum Gasteiger partial charge on any atom is 0.304 e. The molecule has 0 spiro atoms. The smallest absolute Gasteiger partial charge is 0.304 e. The Kier molecular flexibility index (Phi) is 4.08. The van der Waals surface area contributed by atoms with Crippen LogP contribution in [-0.2, 0) is 11.8 Å². The first-order valence-electron chi connectivity index (χ1n) is 6.36. The van der Waals surface area contributed by atoms with Crippen LogP contribution in [0.15, 0.2) is 30.6 Å². The molecule has 0 aliphatic rings. The van der Waals surface area contributed by atoms with Crippen LogP contribution < -0.4 is 4.74 Å². The van der Waals surface area contributed by atoms with E-state index in [0.29, 0.717) is 0 Å². The van der Waals surface area contributed by atoms with Gasteiger partial charge in [0.25, 0.3) is 0 Å². The molecule has 0 aliphatic heterocycles. The van der Waals surface area contributed by atoms with Gasteiger partial charge in [-0.1, -0.05) is 12.1 Å². The fourth-order valence-electron chi connectivity index (χ4n) is 2.36. The topological polar surface area (TPSA) is 64.3 Å². The normalized spacial score (nSPS) is 12.2. The Morgan fingerprint density at radius 3 is 2.75 bits per heavy atom. The second-order valence-corrected chi connectivity index (χ2v) is 4.78. The molecule has 0 radical (unpaired) electrons. The van der Waals surface area contributed by atoms with Crippen molar-refractivity contribution >= 4 is 5.97 Å². The van der Waals surface area contributed by atoms with Crippen LogP contribution in [0, 0.1) is 6.92 Å². The molecule has 1 heterocycles. The predicted octanol–water partition coefficient (Wildman–Crippen LogP) is 2.34. The highest BCUT2D eigenvalue weighted by atomic mass is 16.5. The molecule has 0 bridgehead atoms. The Hall–Kier alpha value is -2.30. The summed E-state index contributed by atoms with van der Waals surface area (Å²) in [6, 6.07) is 5.72. The van der Waals surface area contributed by atoms with E-state index < -0.39 is 5.97 Å². The number of aryl methyl sites for hydroxylation is 2. The molecule has 0 amide bonds. The number of ether oxygens (including phenoxy) is 1. The third kappa shape index (κ3) is 2.82. The second-order valence-electron chi connectivity index (χ2n) is 4.78. The molecule has 1 aromatic carbocycles. The summed E-state index contributed by atoms with van der Waals surface area (Å²) in [5, 5.41) is 9.14. The van der Waals surface area contributed by atoms with Crippen LogP contribution in [0.25, 0.3) is 0 Å². The number of aromatic nitrogens is 2. The van der Waals surface area contributed by atoms with E-state index in [2.05, 4.69) is 4.98 Å². The lowest BCUT2D eigenvalue weighted by molar-refractivity contribution is -0.137. The maximum atomic E-state index is 11.1. The molecular formula is C15H18N2O3. The van der Waals surface area contributed by atoms with Gasteiger partial charge in [0.05, 0.1) is 19.4 Å². The minimum atomic E-state index is -0.841. The van der Waals surface area contributed by atoms with Crippen LogP contribution in [-0.4, -0.2) is 27.7 Å². The average Bonchev–Trinajstić information content (AvgIpc) is 2.82. The van der Waals surface area contributed by atoms with Gasteiger partial charge in [-0.05, 0) is 24.1 Å². The van der Waals surface area contributed by atoms with Gasteiger partial charge in [0.2, 0.25) is 0 Å². The highest BCUT2D eigenvalue weighted by molar-refractivity contribution is 5.68. The van der Waals surface area contributed by atoms with E-state index in [1.165, 1.54) is 0 Å². The third-order valence-corrected chi connectivity index (χ3v) is 3.37. The Morgan fingerprint density at radius 2 is 2.25 bits per heavy atom. The minimum Gasteiger partial charge on any atom is -0.496 e. The lowest BCUT2D eigenvalue weighted by atomic mass is 9.93. The summed E-state index contributed by atoms with van der Waals surface area (Å²) in [7, 11) is 3.49. The van der Waals surface area contributed by atoms with Crippen molar-refractivity contribution in [1.29, 1.82) is 0 Å². The molecule has 106 valence electrons. The fourth-order valence-corrected chi connectivity index (χ4v) is 2.36. The SMILES string of the molecule is COc1ccc(C(CC(=O)O)c2nccn2C)cc1C. The number of imidazole rings is 1. The maximum absolute atomic E-state index is 11.1. The van der Waals surface area contributed by atoms with Gasteiger partial charge in [-0.15, -0.1) is 0 Å². The van der Waals surface area contributed by atoms with Gasteiger partial charge in [0.1, 0.15) is 11.6 Å². The summed E-state index contributed by atoms with van der Waals surface area (Å²) in [6.07, 6.45) is 3.51. The molecule has 5 heteroatoms. The van der Waals surface area contributed by atoms with Crippen LogP contribution in [0.4, 0.5) is 0 Å². The lowest BCUT2D eigenvalue weighted by Gasteiger charge is -2.17. The van der Waals surface area contributed by atoms with Gasteiger partial charge in [-0.25, -0.2) is 4.98 Å². The molecule has 20 heavy (non-hydrogen) atoms. The number of nitrogens with zero attached hydrogens (tertiary/aromatic N) is 2. The van der Waals surface area contributed by atoms with Crippen molar-refractivity contribution in [2.75, 3.05) is 7.11 Å². The van der Waals surface area contributed by atoms with Crippen LogP contribution in [0.2, 0.25) is 0 Å². The molecule has 1 N–H and O–H groups in total. The van der Waals surface area contributed by atoms with Crippen molar-refractivity contribution in [2.24, 2.45) is 7.05 Å². The van der Waals surface area contributed by atoms with Gasteiger partial charge >= 0.3 is 5.97 Å². The number of carbonyl (C=O) groups is 1. The first-order valence-corrected chi connectivity index (χ1v) is 6.36. The van der Waals surface area contributed by atoms with Crippen molar-refractivity contribution in [2.45, 2.75) is 19.3 Å². The van der Waals surface area contributed by atoms with Crippen molar-refractivity contribution in [1.82, 2.24) is 9.55 Å². The average molecular weight is 274 g/mol. The molecule has 0 fully saturated rings. The highest BCUT2D eigenvalue weighted by Crippen LogP contribution is 2.30. The van der Waals surface area contributed by atoms with Gasteiger partial charge < -0.3 is 14.4 Å². The fraction of sp³-hybridized carbons (Fsp3) is 0.333. The van der Waals surface area contributed by atoms with Gasteiger partial charge in [-0.3, -0.25) is 4.79 Å². The van der Waals surface area contributed by atoms with Crippen LogP contribution in [0.5, 0.6) is 5.75 Å². The molecule has 2 aromatic rings. The highest BCUT2D eigenvalue weighted by Gasteiger charge is 2.22. The molecule has 0 saturated carbocycles. The molecule has 5 nitrogen and oxygen atoms in total. The van der Waals surface area contributed by atoms with Gasteiger partial charge in [0, 0.05) is 19.4 Å². The second kappa shape index (κ2) is 5.77. The van der Waals surface area contributed by atoms with Gasteiger partial charge in [-0.2, -0.15) is 0 Å². The molecule has 0 saturated heterocycles. The number of rotatable bonds is 5. The molecule has 0 aliphatic carbocycles. The number of hydrogen-bond donors (Lipinski definition) is 1. The minimum absolute atomic E-state index is 0.0105. The van der Waals surface area contributed by atoms with Crippen LogP contribution >= 0.6 is 0 Å². The predicted molar refractivity (Wildman–Crippen MR) is 75.0 cm³/mol. The number of carboxylic acid groups (broad SMARTS) is 1. The zero-order valence-electron chi connectivity index (χ0n) is 11.8. The molecule has 1 unspecified atom stereocenters.